The van der Waals surface area contributed by atoms with Gasteiger partial charge in [0.2, 0.25) is 5.96 Å². The van der Waals surface area contributed by atoms with Crippen LogP contribution in [0.1, 0.15) is 22.7 Å². The Kier molecular flexibility index (Phi) is 5.15. The van der Waals surface area contributed by atoms with Crippen molar-refractivity contribution in [2.45, 2.75) is 6.04 Å². The lowest BCUT2D eigenvalue weighted by molar-refractivity contribution is 0.466. The van der Waals surface area contributed by atoms with Crippen molar-refractivity contribution in [2.75, 3.05) is 16.8 Å². The van der Waals surface area contributed by atoms with Gasteiger partial charge >= 0.3 is 0 Å². The van der Waals surface area contributed by atoms with E-state index in [9.17, 15) is 10.4 Å². The standard InChI is InChI=1S/C15H9Br3N8O/c16-5-1-6(17)12(27)9(18)7(5)11-8-10(21)4(2-19)13(22)25-14(8)26-15(24-11)23-3-20/h1,11,27H,(H6,21,22,23,24,25,26). The maximum absolute atomic E-state index is 10.3. The van der Waals surface area contributed by atoms with Crippen molar-refractivity contribution in [1.29, 1.82) is 10.5 Å². The first-order valence-electron chi connectivity index (χ1n) is 7.15. The van der Waals surface area contributed by atoms with Gasteiger partial charge in [0.05, 0.1) is 14.6 Å². The molecule has 0 bridgehead atoms. The fraction of sp³-hybridized carbons (Fsp3) is 0.0667. The summed E-state index contributed by atoms with van der Waals surface area (Å²) in [4.78, 5) is 8.64. The predicted molar refractivity (Wildman–Crippen MR) is 111 cm³/mol. The molecule has 1 unspecified atom stereocenters. The molecule has 0 amide bonds. The van der Waals surface area contributed by atoms with Crippen LogP contribution in [-0.2, 0) is 0 Å². The van der Waals surface area contributed by atoms with Crippen molar-refractivity contribution in [1.82, 2.24) is 10.3 Å². The molecule has 1 aromatic carbocycles. The normalized spacial score (nSPS) is 15.0. The molecule has 136 valence electrons. The number of nitrogen functional groups attached to an aromatic ring is 2. The number of guanidine groups is 1. The van der Waals surface area contributed by atoms with Crippen molar-refractivity contribution >= 4 is 71.1 Å². The Hall–Kier alpha value is -2.54. The number of hydrogen-bond donors (Lipinski definition) is 5. The topological polar surface area (TPSA) is 169 Å². The molecule has 1 atom stereocenters. The van der Waals surface area contributed by atoms with Crippen molar-refractivity contribution in [2.24, 2.45) is 4.99 Å². The van der Waals surface area contributed by atoms with Gasteiger partial charge < -0.3 is 21.9 Å². The van der Waals surface area contributed by atoms with Crippen LogP contribution in [0.3, 0.4) is 0 Å². The second-order valence-corrected chi connectivity index (χ2v) is 7.82. The van der Waals surface area contributed by atoms with Gasteiger partial charge in [-0.3, -0.25) is 5.32 Å². The molecule has 0 radical (unpaired) electrons. The third-order valence-corrected chi connectivity index (χ3v) is 5.88. The molecule has 0 saturated carbocycles. The molecule has 0 spiro atoms. The van der Waals surface area contributed by atoms with Gasteiger partial charge in [-0.2, -0.15) is 10.5 Å². The number of pyridine rings is 1. The lowest BCUT2D eigenvalue weighted by Gasteiger charge is -2.27. The third-order valence-electron chi connectivity index (χ3n) is 3.81. The van der Waals surface area contributed by atoms with Crippen LogP contribution in [-0.4, -0.2) is 16.1 Å². The largest absolute Gasteiger partial charge is 0.506 e. The van der Waals surface area contributed by atoms with E-state index in [4.69, 9.17) is 16.7 Å². The van der Waals surface area contributed by atoms with E-state index < -0.39 is 6.04 Å². The molecular weight excluding hydrogens is 548 g/mol. The summed E-state index contributed by atoms with van der Waals surface area (Å²) in [5, 5.41) is 33.9. The average Bonchev–Trinajstić information content (AvgIpc) is 2.60. The number of phenols is 1. The number of phenolic OH excluding ortho intramolecular Hbond substituents is 1. The smallest absolute Gasteiger partial charge is 0.211 e. The van der Waals surface area contributed by atoms with Crippen molar-refractivity contribution in [3.05, 3.63) is 36.2 Å². The van der Waals surface area contributed by atoms with E-state index in [2.05, 4.69) is 68.4 Å². The highest BCUT2D eigenvalue weighted by atomic mass is 79.9. The summed E-state index contributed by atoms with van der Waals surface area (Å²) in [5.74, 6) is 0.283. The Bertz CT molecular complexity index is 1090. The number of aliphatic imine (C=N–C) groups is 1. The summed E-state index contributed by atoms with van der Waals surface area (Å²) in [6, 6.07) is 2.79. The Labute approximate surface area is 178 Å². The minimum Gasteiger partial charge on any atom is -0.506 e. The van der Waals surface area contributed by atoms with E-state index in [1.807, 2.05) is 6.07 Å². The maximum Gasteiger partial charge on any atom is 0.211 e. The second-order valence-electron chi connectivity index (χ2n) is 5.32. The fourth-order valence-corrected chi connectivity index (χ4v) is 5.19. The number of aromatic hydroxyl groups is 1. The molecule has 9 nitrogen and oxygen atoms in total. The molecule has 0 saturated heterocycles. The SMILES string of the molecule is N#CNC1=NC(c2c(Br)cc(Br)c(O)c2Br)c2c(nc(N)c(C#N)c2N)N1. The molecule has 1 aliphatic heterocycles. The van der Waals surface area contributed by atoms with Gasteiger partial charge in [-0.1, -0.05) is 15.9 Å². The number of hydrogen-bond acceptors (Lipinski definition) is 9. The molecule has 2 aromatic rings. The van der Waals surface area contributed by atoms with Gasteiger partial charge in [0.25, 0.3) is 0 Å². The zero-order valence-corrected chi connectivity index (χ0v) is 17.9. The predicted octanol–water partition coefficient (Wildman–Crippen LogP) is 3.05. The van der Waals surface area contributed by atoms with E-state index in [-0.39, 0.29) is 34.6 Å². The van der Waals surface area contributed by atoms with Crippen LogP contribution < -0.4 is 22.1 Å². The van der Waals surface area contributed by atoms with Gasteiger partial charge in [-0.25, -0.2) is 9.98 Å². The van der Waals surface area contributed by atoms with Gasteiger partial charge in [0, 0.05) is 15.6 Å². The number of rotatable bonds is 1. The van der Waals surface area contributed by atoms with E-state index in [1.54, 1.807) is 12.3 Å². The highest BCUT2D eigenvalue weighted by molar-refractivity contribution is 9.11. The third kappa shape index (κ3) is 3.16. The summed E-state index contributed by atoms with van der Waals surface area (Å²) in [6.45, 7) is 0. The number of benzene rings is 1. The number of fused-ring (bicyclic) bond motifs is 1. The highest BCUT2D eigenvalue weighted by Crippen LogP contribution is 2.48. The molecule has 2 heterocycles. The van der Waals surface area contributed by atoms with Gasteiger partial charge in [0.15, 0.2) is 6.19 Å². The molecule has 3 rings (SSSR count). The maximum atomic E-state index is 10.3. The highest BCUT2D eigenvalue weighted by Gasteiger charge is 2.33. The van der Waals surface area contributed by atoms with Crippen LogP contribution in [0.2, 0.25) is 0 Å². The average molecular weight is 557 g/mol. The zero-order chi connectivity index (χ0) is 19.9. The van der Waals surface area contributed by atoms with Crippen molar-refractivity contribution < 1.29 is 5.11 Å². The molecule has 0 aliphatic carbocycles. The number of nitriles is 2. The lowest BCUT2D eigenvalue weighted by atomic mass is 9.95. The van der Waals surface area contributed by atoms with Crippen molar-refractivity contribution in [3.63, 3.8) is 0 Å². The molecule has 12 heteroatoms. The first-order chi connectivity index (χ1) is 12.8. The van der Waals surface area contributed by atoms with E-state index >= 15 is 0 Å². The summed E-state index contributed by atoms with van der Waals surface area (Å²) >= 11 is 10.1. The van der Waals surface area contributed by atoms with Crippen LogP contribution >= 0.6 is 47.8 Å². The van der Waals surface area contributed by atoms with Crippen LogP contribution in [0.15, 0.2) is 24.5 Å². The summed E-state index contributed by atoms with van der Waals surface area (Å²) in [5.41, 5.74) is 13.1. The van der Waals surface area contributed by atoms with E-state index in [0.717, 1.165) is 0 Å². The quantitative estimate of drug-likeness (QED) is 0.263. The van der Waals surface area contributed by atoms with E-state index in [1.165, 1.54) is 0 Å². The summed E-state index contributed by atoms with van der Waals surface area (Å²) in [7, 11) is 0. The number of halogens is 3. The van der Waals surface area contributed by atoms with Gasteiger partial charge in [-0.05, 0) is 37.9 Å². The molecule has 7 N–H and O–H groups in total. The van der Waals surface area contributed by atoms with Crippen LogP contribution in [0.4, 0.5) is 17.3 Å². The molecule has 0 fully saturated rings. The molecular formula is C15H9Br3N8O. The Balaban J connectivity index is 2.36. The second kappa shape index (κ2) is 7.23. The lowest BCUT2D eigenvalue weighted by Crippen LogP contribution is -2.33. The first kappa shape index (κ1) is 19.2. The number of nitrogens with one attached hydrogen (secondary N) is 2. The minimum absolute atomic E-state index is 0.0287. The van der Waals surface area contributed by atoms with Crippen LogP contribution in [0, 0.1) is 22.8 Å². The number of anilines is 3. The Morgan fingerprint density at radius 2 is 1.89 bits per heavy atom. The van der Waals surface area contributed by atoms with Crippen LogP contribution in [0.5, 0.6) is 5.75 Å². The zero-order valence-electron chi connectivity index (χ0n) is 13.2. The summed E-state index contributed by atoms with van der Waals surface area (Å²) in [6.07, 6.45) is 1.78. The fourth-order valence-electron chi connectivity index (χ4n) is 2.64. The minimum atomic E-state index is -0.792. The molecule has 1 aromatic heterocycles. The van der Waals surface area contributed by atoms with Crippen molar-refractivity contribution in [3.8, 4) is 18.0 Å². The monoisotopic (exact) mass is 554 g/mol. The first-order valence-corrected chi connectivity index (χ1v) is 9.53. The summed E-state index contributed by atoms with van der Waals surface area (Å²) < 4.78 is 1.42. The Morgan fingerprint density at radius 3 is 2.52 bits per heavy atom. The number of nitrogens with zero attached hydrogens (tertiary/aromatic N) is 4. The van der Waals surface area contributed by atoms with Gasteiger partial charge in [0.1, 0.15) is 35.1 Å². The number of aromatic nitrogens is 1. The molecule has 1 aliphatic rings. The molecule has 27 heavy (non-hydrogen) atoms. The number of nitrogens with two attached hydrogens (primary N) is 2. The Morgan fingerprint density at radius 1 is 1.19 bits per heavy atom. The van der Waals surface area contributed by atoms with Crippen LogP contribution in [0.25, 0.3) is 0 Å². The van der Waals surface area contributed by atoms with Gasteiger partial charge in [-0.15, -0.1) is 0 Å². The van der Waals surface area contributed by atoms with E-state index in [0.29, 0.717) is 24.5 Å².